The van der Waals surface area contributed by atoms with E-state index in [0.717, 1.165) is 0 Å². The molecule has 0 saturated carbocycles. The Morgan fingerprint density at radius 1 is 0.394 bits per heavy atom. The summed E-state index contributed by atoms with van der Waals surface area (Å²) in [7, 11) is 0. The molecule has 0 aliphatic heterocycles. The summed E-state index contributed by atoms with van der Waals surface area (Å²) in [6.45, 7) is 16.4. The molecular formula is C33H52. The molecule has 0 fully saturated rings. The van der Waals surface area contributed by atoms with Crippen molar-refractivity contribution in [1.29, 1.82) is 0 Å². The van der Waals surface area contributed by atoms with Crippen molar-refractivity contribution in [3.63, 3.8) is 0 Å². The van der Waals surface area contributed by atoms with Gasteiger partial charge in [0.05, 0.1) is 0 Å². The zero-order valence-electron chi connectivity index (χ0n) is 23.1. The molecule has 0 N–H and O–H groups in total. The van der Waals surface area contributed by atoms with Gasteiger partial charge in [0.2, 0.25) is 0 Å². The van der Waals surface area contributed by atoms with E-state index >= 15 is 0 Å². The Labute approximate surface area is 206 Å². The van der Waals surface area contributed by atoms with Gasteiger partial charge in [-0.05, 0) is 89.5 Å². The normalized spacial score (nSPS) is 11.5. The van der Waals surface area contributed by atoms with E-state index in [1.165, 1.54) is 83.5 Å². The van der Waals surface area contributed by atoms with Crippen LogP contribution in [0.1, 0.15) is 144 Å². The van der Waals surface area contributed by atoms with Crippen LogP contribution in [0, 0.1) is 0 Å². The van der Waals surface area contributed by atoms with E-state index in [-0.39, 0.29) is 0 Å². The first kappa shape index (κ1) is 27.7. The highest BCUT2D eigenvalue weighted by Gasteiger charge is 2.22. The fourth-order valence-corrected chi connectivity index (χ4v) is 5.75. The lowest BCUT2D eigenvalue weighted by molar-refractivity contribution is 0.728. The Bertz CT molecular complexity index is 772. The molecule has 0 unspecified atom stereocenters. The fourth-order valence-electron chi connectivity index (χ4n) is 5.75. The molecule has 0 radical (unpaired) electrons. The largest absolute Gasteiger partial charge is 0.0651 e. The standard InChI is InChI=1S/C33H52/c1-8-15-25-21-29(19-12-5)32(23-27(25)17-10-3)31(14-7)33-24-28(18-11-4)26(16-9-2)22-30(33)20-13-6/h21-24,31H,8-20H2,1-7H3. The predicted octanol–water partition coefficient (Wildman–Crippen LogP) is 9.94. The molecule has 0 bridgehead atoms. The third-order valence-corrected chi connectivity index (χ3v) is 7.20. The topological polar surface area (TPSA) is 0 Å². The van der Waals surface area contributed by atoms with E-state index in [1.807, 2.05) is 0 Å². The summed E-state index contributed by atoms with van der Waals surface area (Å²) in [6.07, 6.45) is 15.8. The smallest absolute Gasteiger partial charge is 0.00923 e. The Balaban J connectivity index is 2.73. The van der Waals surface area contributed by atoms with Gasteiger partial charge in [0.25, 0.3) is 0 Å². The van der Waals surface area contributed by atoms with Crippen molar-refractivity contribution in [1.82, 2.24) is 0 Å². The molecule has 0 aromatic heterocycles. The summed E-state index contributed by atoms with van der Waals surface area (Å²) < 4.78 is 0. The van der Waals surface area contributed by atoms with Gasteiger partial charge in [-0.1, -0.05) is 111 Å². The number of aryl methyl sites for hydroxylation is 6. The molecule has 0 aliphatic rings. The van der Waals surface area contributed by atoms with Crippen molar-refractivity contribution in [3.8, 4) is 0 Å². The van der Waals surface area contributed by atoms with E-state index in [2.05, 4.69) is 72.7 Å². The van der Waals surface area contributed by atoms with Crippen LogP contribution in [0.2, 0.25) is 0 Å². The molecule has 2 rings (SSSR count). The van der Waals surface area contributed by atoms with Crippen molar-refractivity contribution in [2.45, 2.75) is 138 Å². The molecule has 2 aromatic carbocycles. The highest BCUT2D eigenvalue weighted by atomic mass is 14.3. The summed E-state index contributed by atoms with van der Waals surface area (Å²) in [6, 6.07) is 10.5. The molecule has 0 atom stereocenters. The summed E-state index contributed by atoms with van der Waals surface area (Å²) in [5.41, 5.74) is 12.9. The number of hydrogen-bond donors (Lipinski definition) is 0. The van der Waals surface area contributed by atoms with Gasteiger partial charge in [-0.15, -0.1) is 0 Å². The molecule has 0 heterocycles. The third kappa shape index (κ3) is 7.21. The summed E-state index contributed by atoms with van der Waals surface area (Å²) >= 11 is 0. The fraction of sp³-hybridized carbons (Fsp3) is 0.636. The SMILES string of the molecule is CCCc1cc(CCC)c(C(CC)c2cc(CCC)c(CCC)cc2CCC)cc1CCC. The van der Waals surface area contributed by atoms with Crippen LogP contribution in [0.25, 0.3) is 0 Å². The highest BCUT2D eigenvalue weighted by molar-refractivity contribution is 5.49. The van der Waals surface area contributed by atoms with E-state index in [0.29, 0.717) is 5.92 Å². The lowest BCUT2D eigenvalue weighted by Crippen LogP contribution is -2.11. The average Bonchev–Trinajstić information content (AvgIpc) is 2.80. The molecule has 0 spiro atoms. The Morgan fingerprint density at radius 2 is 0.667 bits per heavy atom. The van der Waals surface area contributed by atoms with E-state index in [1.54, 1.807) is 44.5 Å². The van der Waals surface area contributed by atoms with Gasteiger partial charge in [-0.25, -0.2) is 0 Å². The minimum absolute atomic E-state index is 0.519. The zero-order valence-corrected chi connectivity index (χ0v) is 23.1. The van der Waals surface area contributed by atoms with Gasteiger partial charge in [-0.2, -0.15) is 0 Å². The molecule has 184 valence electrons. The molecule has 0 saturated heterocycles. The van der Waals surface area contributed by atoms with Crippen LogP contribution < -0.4 is 0 Å². The van der Waals surface area contributed by atoms with Gasteiger partial charge < -0.3 is 0 Å². The van der Waals surface area contributed by atoms with E-state index in [4.69, 9.17) is 0 Å². The maximum Gasteiger partial charge on any atom is 0.00923 e. The molecule has 33 heavy (non-hydrogen) atoms. The van der Waals surface area contributed by atoms with Crippen molar-refractivity contribution in [2.75, 3.05) is 0 Å². The first-order valence-corrected chi connectivity index (χ1v) is 14.4. The van der Waals surface area contributed by atoms with E-state index < -0.39 is 0 Å². The van der Waals surface area contributed by atoms with Crippen molar-refractivity contribution >= 4 is 0 Å². The zero-order chi connectivity index (χ0) is 24.2. The summed E-state index contributed by atoms with van der Waals surface area (Å²) in [5.74, 6) is 0.519. The van der Waals surface area contributed by atoms with Gasteiger partial charge in [0.15, 0.2) is 0 Å². The van der Waals surface area contributed by atoms with Crippen molar-refractivity contribution in [2.24, 2.45) is 0 Å². The van der Waals surface area contributed by atoms with Crippen LogP contribution in [0.3, 0.4) is 0 Å². The van der Waals surface area contributed by atoms with Crippen LogP contribution in [0.5, 0.6) is 0 Å². The van der Waals surface area contributed by atoms with E-state index in [9.17, 15) is 0 Å². The second-order valence-corrected chi connectivity index (χ2v) is 10.1. The Morgan fingerprint density at radius 3 is 0.939 bits per heavy atom. The monoisotopic (exact) mass is 448 g/mol. The summed E-state index contributed by atoms with van der Waals surface area (Å²) in [5, 5.41) is 0. The van der Waals surface area contributed by atoms with Gasteiger partial charge in [0.1, 0.15) is 0 Å². The molecule has 0 amide bonds. The average molecular weight is 449 g/mol. The number of hydrogen-bond acceptors (Lipinski definition) is 0. The molecular weight excluding hydrogens is 396 g/mol. The second kappa shape index (κ2) is 14.6. The van der Waals surface area contributed by atoms with Crippen LogP contribution >= 0.6 is 0 Å². The second-order valence-electron chi connectivity index (χ2n) is 10.1. The lowest BCUT2D eigenvalue weighted by Gasteiger charge is -2.26. The van der Waals surface area contributed by atoms with Crippen LogP contribution in [-0.2, 0) is 38.5 Å². The van der Waals surface area contributed by atoms with Crippen LogP contribution in [0.15, 0.2) is 24.3 Å². The molecule has 0 nitrogen and oxygen atoms in total. The maximum atomic E-state index is 2.64. The first-order valence-electron chi connectivity index (χ1n) is 14.4. The maximum absolute atomic E-state index is 2.64. The summed E-state index contributed by atoms with van der Waals surface area (Å²) in [4.78, 5) is 0. The van der Waals surface area contributed by atoms with Crippen LogP contribution in [0.4, 0.5) is 0 Å². The molecule has 2 aromatic rings. The highest BCUT2D eigenvalue weighted by Crippen LogP contribution is 2.37. The van der Waals surface area contributed by atoms with Crippen LogP contribution in [-0.4, -0.2) is 0 Å². The number of benzene rings is 2. The predicted molar refractivity (Wildman–Crippen MR) is 149 cm³/mol. The van der Waals surface area contributed by atoms with Gasteiger partial charge >= 0.3 is 0 Å². The minimum Gasteiger partial charge on any atom is -0.0651 e. The Hall–Kier alpha value is -1.56. The first-order chi connectivity index (χ1) is 16.1. The van der Waals surface area contributed by atoms with Gasteiger partial charge in [-0.3, -0.25) is 0 Å². The van der Waals surface area contributed by atoms with Crippen molar-refractivity contribution < 1.29 is 0 Å². The quantitative estimate of drug-likeness (QED) is 0.254. The minimum atomic E-state index is 0.519. The van der Waals surface area contributed by atoms with Gasteiger partial charge in [0, 0.05) is 5.92 Å². The lowest BCUT2D eigenvalue weighted by atomic mass is 9.78. The molecule has 0 heteroatoms. The number of rotatable bonds is 15. The van der Waals surface area contributed by atoms with Crippen molar-refractivity contribution in [3.05, 3.63) is 68.8 Å². The third-order valence-electron chi connectivity index (χ3n) is 7.20. The molecule has 0 aliphatic carbocycles. The Kier molecular flexibility index (Phi) is 12.3.